The van der Waals surface area contributed by atoms with Crippen LogP contribution < -0.4 is 5.46 Å². The van der Waals surface area contributed by atoms with Gasteiger partial charge in [0.1, 0.15) is 0 Å². The normalized spacial score (nSPS) is 10.2. The summed E-state index contributed by atoms with van der Waals surface area (Å²) in [6.07, 6.45) is 0. The number of benzene rings is 1. The Labute approximate surface area is 85.6 Å². The Bertz CT molecular complexity index is 291. The van der Waals surface area contributed by atoms with Gasteiger partial charge in [0.05, 0.1) is 6.61 Å². The van der Waals surface area contributed by atoms with Crippen LogP contribution in [0.25, 0.3) is 0 Å². The van der Waals surface area contributed by atoms with Crippen molar-refractivity contribution in [1.82, 2.24) is 0 Å². The minimum Gasteiger partial charge on any atom is -0.423 e. The van der Waals surface area contributed by atoms with E-state index in [9.17, 15) is 0 Å². The number of hydrogen-bond donors (Lipinski definition) is 2. The molecule has 3 nitrogen and oxygen atoms in total. The monoisotopic (exact) mass is 244 g/mol. The van der Waals surface area contributed by atoms with Crippen LogP contribution >= 0.6 is 15.9 Å². The highest BCUT2D eigenvalue weighted by Crippen LogP contribution is 2.09. The first-order valence-electron chi connectivity index (χ1n) is 3.78. The van der Waals surface area contributed by atoms with E-state index in [1.807, 2.05) is 6.07 Å². The highest BCUT2D eigenvalue weighted by atomic mass is 79.9. The largest absolute Gasteiger partial charge is 0.489 e. The van der Waals surface area contributed by atoms with Crippen LogP contribution in [0.15, 0.2) is 22.7 Å². The van der Waals surface area contributed by atoms with Crippen LogP contribution in [0.5, 0.6) is 0 Å². The molecular weight excluding hydrogens is 235 g/mol. The number of methoxy groups -OCH3 is 1. The number of rotatable bonds is 3. The van der Waals surface area contributed by atoms with Crippen molar-refractivity contribution in [1.29, 1.82) is 0 Å². The highest BCUT2D eigenvalue weighted by Gasteiger charge is 2.14. The van der Waals surface area contributed by atoms with Gasteiger partial charge in [-0.15, -0.1) is 0 Å². The maximum absolute atomic E-state index is 8.98. The van der Waals surface area contributed by atoms with Crippen molar-refractivity contribution in [3.8, 4) is 0 Å². The van der Waals surface area contributed by atoms with Crippen LogP contribution in [0.1, 0.15) is 5.56 Å². The molecule has 5 heteroatoms. The zero-order chi connectivity index (χ0) is 9.84. The van der Waals surface area contributed by atoms with E-state index in [-0.39, 0.29) is 0 Å². The van der Waals surface area contributed by atoms with Crippen LogP contribution in [-0.4, -0.2) is 24.3 Å². The summed E-state index contributed by atoms with van der Waals surface area (Å²) in [5.41, 5.74) is 1.36. The Morgan fingerprint density at radius 1 is 1.46 bits per heavy atom. The SMILES string of the molecule is COCc1ccc(Br)c(B(O)O)c1. The molecule has 0 amide bonds. The molecule has 0 unspecified atom stereocenters. The Kier molecular flexibility index (Phi) is 3.93. The van der Waals surface area contributed by atoms with Gasteiger partial charge in [0.25, 0.3) is 0 Å². The van der Waals surface area contributed by atoms with Crippen LogP contribution in [0.3, 0.4) is 0 Å². The van der Waals surface area contributed by atoms with Crippen molar-refractivity contribution in [3.63, 3.8) is 0 Å². The third-order valence-corrected chi connectivity index (χ3v) is 2.37. The van der Waals surface area contributed by atoms with E-state index in [1.54, 1.807) is 19.2 Å². The maximum Gasteiger partial charge on any atom is 0.489 e. The summed E-state index contributed by atoms with van der Waals surface area (Å²) in [5.74, 6) is 0. The summed E-state index contributed by atoms with van der Waals surface area (Å²) in [7, 11) is 0.142. The summed E-state index contributed by atoms with van der Waals surface area (Å²) in [6, 6.07) is 5.32. The van der Waals surface area contributed by atoms with Crippen LogP contribution in [-0.2, 0) is 11.3 Å². The van der Waals surface area contributed by atoms with Crippen molar-refractivity contribution in [2.75, 3.05) is 7.11 Å². The first-order valence-corrected chi connectivity index (χ1v) is 4.58. The molecule has 0 heterocycles. The zero-order valence-corrected chi connectivity index (χ0v) is 8.78. The predicted molar refractivity (Wildman–Crippen MR) is 54.7 cm³/mol. The van der Waals surface area contributed by atoms with Gasteiger partial charge in [-0.3, -0.25) is 0 Å². The molecule has 0 aliphatic rings. The van der Waals surface area contributed by atoms with Crippen LogP contribution in [0.4, 0.5) is 0 Å². The minimum atomic E-state index is -1.45. The molecule has 0 bridgehead atoms. The molecule has 0 aliphatic heterocycles. The molecule has 2 N–H and O–H groups in total. The van der Waals surface area contributed by atoms with Crippen molar-refractivity contribution >= 4 is 28.5 Å². The molecule has 0 aliphatic carbocycles. The lowest BCUT2D eigenvalue weighted by Crippen LogP contribution is -2.31. The zero-order valence-electron chi connectivity index (χ0n) is 7.20. The van der Waals surface area contributed by atoms with Gasteiger partial charge in [0.15, 0.2) is 0 Å². The Balaban J connectivity index is 2.97. The van der Waals surface area contributed by atoms with Gasteiger partial charge in [-0.2, -0.15) is 0 Å². The second-order valence-electron chi connectivity index (χ2n) is 2.66. The summed E-state index contributed by atoms with van der Waals surface area (Å²) >= 11 is 3.22. The average Bonchev–Trinajstić information content (AvgIpc) is 2.08. The summed E-state index contributed by atoms with van der Waals surface area (Å²) in [5, 5.41) is 18.0. The Morgan fingerprint density at radius 3 is 2.69 bits per heavy atom. The fraction of sp³-hybridized carbons (Fsp3) is 0.250. The summed E-state index contributed by atoms with van der Waals surface area (Å²) in [4.78, 5) is 0. The molecule has 0 aromatic heterocycles. The number of halogens is 1. The molecule has 1 aromatic carbocycles. The van der Waals surface area contributed by atoms with Crippen molar-refractivity contribution in [2.45, 2.75) is 6.61 Å². The van der Waals surface area contributed by atoms with E-state index in [0.29, 0.717) is 16.5 Å². The molecule has 0 fully saturated rings. The quantitative estimate of drug-likeness (QED) is 0.751. The van der Waals surface area contributed by atoms with E-state index >= 15 is 0 Å². The third kappa shape index (κ3) is 2.81. The van der Waals surface area contributed by atoms with E-state index in [4.69, 9.17) is 14.8 Å². The molecule has 70 valence electrons. The lowest BCUT2D eigenvalue weighted by Gasteiger charge is -2.05. The lowest BCUT2D eigenvalue weighted by molar-refractivity contribution is 0.185. The van der Waals surface area contributed by atoms with Crippen molar-refractivity contribution in [3.05, 3.63) is 28.2 Å². The molecule has 0 saturated carbocycles. The Hall–Kier alpha value is -0.355. The van der Waals surface area contributed by atoms with Crippen molar-refractivity contribution in [2.24, 2.45) is 0 Å². The lowest BCUT2D eigenvalue weighted by atomic mass is 9.80. The van der Waals surface area contributed by atoms with Gasteiger partial charge in [-0.25, -0.2) is 0 Å². The molecular formula is C8H10BBrO3. The third-order valence-electron chi connectivity index (χ3n) is 1.65. The first-order chi connectivity index (χ1) is 6.15. The highest BCUT2D eigenvalue weighted by molar-refractivity contribution is 9.10. The second kappa shape index (κ2) is 4.76. The van der Waals surface area contributed by atoms with E-state index in [2.05, 4.69) is 15.9 Å². The molecule has 13 heavy (non-hydrogen) atoms. The molecule has 1 rings (SSSR count). The number of ether oxygens (including phenoxy) is 1. The standard InChI is InChI=1S/C8H10BBrO3/c1-13-5-6-2-3-8(10)7(4-6)9(11)12/h2-4,11-12H,5H2,1H3. The fourth-order valence-electron chi connectivity index (χ4n) is 1.05. The van der Waals surface area contributed by atoms with Gasteiger partial charge < -0.3 is 14.8 Å². The second-order valence-corrected chi connectivity index (χ2v) is 3.52. The average molecular weight is 245 g/mol. The Morgan fingerprint density at radius 2 is 2.15 bits per heavy atom. The summed E-state index contributed by atoms with van der Waals surface area (Å²) in [6.45, 7) is 0.465. The topological polar surface area (TPSA) is 49.7 Å². The summed E-state index contributed by atoms with van der Waals surface area (Å²) < 4.78 is 5.61. The fourth-order valence-corrected chi connectivity index (χ4v) is 1.50. The van der Waals surface area contributed by atoms with E-state index in [0.717, 1.165) is 5.56 Å². The molecule has 1 aromatic rings. The van der Waals surface area contributed by atoms with Crippen LogP contribution in [0.2, 0.25) is 0 Å². The van der Waals surface area contributed by atoms with Gasteiger partial charge in [0, 0.05) is 11.6 Å². The van der Waals surface area contributed by atoms with E-state index < -0.39 is 7.12 Å². The predicted octanol–water partition coefficient (Wildman–Crippen LogP) is 0.275. The van der Waals surface area contributed by atoms with Crippen LogP contribution in [0, 0.1) is 0 Å². The molecule has 0 spiro atoms. The molecule has 0 saturated heterocycles. The van der Waals surface area contributed by atoms with Crippen molar-refractivity contribution < 1.29 is 14.8 Å². The van der Waals surface area contributed by atoms with Gasteiger partial charge in [0.2, 0.25) is 0 Å². The number of hydrogen-bond acceptors (Lipinski definition) is 3. The first kappa shape index (κ1) is 10.7. The van der Waals surface area contributed by atoms with Gasteiger partial charge in [-0.05, 0) is 17.1 Å². The smallest absolute Gasteiger partial charge is 0.423 e. The molecule has 0 radical (unpaired) electrons. The molecule has 0 atom stereocenters. The minimum absolute atomic E-state index is 0.453. The van der Waals surface area contributed by atoms with Gasteiger partial charge in [-0.1, -0.05) is 28.1 Å². The van der Waals surface area contributed by atoms with Gasteiger partial charge >= 0.3 is 7.12 Å². The van der Waals surface area contributed by atoms with E-state index in [1.165, 1.54) is 0 Å². The maximum atomic E-state index is 8.98.